The lowest BCUT2D eigenvalue weighted by atomic mass is 9.95. The van der Waals surface area contributed by atoms with Crippen LogP contribution < -0.4 is 10.6 Å². The number of alkyl carbamates (subject to hydrolysis) is 1. The molecule has 4 aromatic rings. The molecule has 43 heavy (non-hydrogen) atoms. The van der Waals surface area contributed by atoms with Crippen molar-refractivity contribution in [1.82, 2.24) is 25.0 Å². The van der Waals surface area contributed by atoms with Crippen LogP contribution in [0, 0.1) is 5.82 Å². The molecule has 0 radical (unpaired) electrons. The summed E-state index contributed by atoms with van der Waals surface area (Å²) < 4.78 is 20.6. The predicted molar refractivity (Wildman–Crippen MR) is 159 cm³/mol. The summed E-state index contributed by atoms with van der Waals surface area (Å²) in [7, 11) is 0. The van der Waals surface area contributed by atoms with Crippen LogP contribution in [0.1, 0.15) is 77.0 Å². The molecular formula is C32H35FN6O4. The maximum absolute atomic E-state index is 13.7. The first-order valence-corrected chi connectivity index (χ1v) is 14.1. The van der Waals surface area contributed by atoms with Crippen molar-refractivity contribution in [2.75, 3.05) is 11.9 Å². The Hall–Kier alpha value is -4.93. The van der Waals surface area contributed by atoms with Gasteiger partial charge < -0.3 is 25.3 Å². The first-order chi connectivity index (χ1) is 20.5. The highest BCUT2D eigenvalue weighted by Crippen LogP contribution is 2.32. The first-order valence-electron chi connectivity index (χ1n) is 14.1. The highest BCUT2D eigenvalue weighted by atomic mass is 19.1. The fraction of sp³-hybridized carbons (Fsp3) is 0.312. The zero-order chi connectivity index (χ0) is 30.7. The molecule has 224 valence electrons. The number of anilines is 1. The van der Waals surface area contributed by atoms with E-state index in [1.54, 1.807) is 79.0 Å². The van der Waals surface area contributed by atoms with Crippen molar-refractivity contribution in [2.45, 2.75) is 58.8 Å². The number of hydrogen-bond acceptors (Lipinski definition) is 5. The molecule has 3 amide bonds. The number of amides is 3. The number of carbonyl (C=O) groups excluding carboxylic acids is 3. The topological polar surface area (TPSA) is 121 Å². The molecule has 2 aromatic heterocycles. The Morgan fingerprint density at radius 2 is 1.84 bits per heavy atom. The van der Waals surface area contributed by atoms with E-state index in [2.05, 4.69) is 15.6 Å². The van der Waals surface area contributed by atoms with Crippen LogP contribution >= 0.6 is 0 Å². The molecule has 0 fully saturated rings. The molecule has 1 atom stereocenters. The third-order valence-corrected chi connectivity index (χ3v) is 7.00. The minimum atomic E-state index is -0.613. The normalized spacial score (nSPS) is 14.6. The lowest BCUT2D eigenvalue weighted by molar-refractivity contribution is 0.0523. The number of hydrogen-bond donors (Lipinski definition) is 3. The number of nitrogens with zero attached hydrogens (tertiary/aromatic N) is 3. The van der Waals surface area contributed by atoms with E-state index in [4.69, 9.17) is 9.84 Å². The fourth-order valence-electron chi connectivity index (χ4n) is 5.18. The molecule has 2 aromatic carbocycles. The zero-order valence-electron chi connectivity index (χ0n) is 24.6. The van der Waals surface area contributed by atoms with Gasteiger partial charge in [-0.3, -0.25) is 14.3 Å². The lowest BCUT2D eigenvalue weighted by Crippen LogP contribution is -2.38. The number of fused-ring (bicyclic) bond motifs is 1. The van der Waals surface area contributed by atoms with Gasteiger partial charge in [-0.05, 0) is 68.3 Å². The molecule has 0 spiro atoms. The van der Waals surface area contributed by atoms with Gasteiger partial charge in [0.15, 0.2) is 5.69 Å². The molecule has 0 saturated heterocycles. The van der Waals surface area contributed by atoms with E-state index in [0.717, 1.165) is 16.8 Å². The summed E-state index contributed by atoms with van der Waals surface area (Å²) in [4.78, 5) is 43.7. The second-order valence-corrected chi connectivity index (χ2v) is 11.7. The van der Waals surface area contributed by atoms with E-state index in [9.17, 15) is 18.8 Å². The molecule has 10 nitrogen and oxygen atoms in total. The minimum Gasteiger partial charge on any atom is -0.444 e. The molecule has 0 unspecified atom stereocenters. The summed E-state index contributed by atoms with van der Waals surface area (Å²) in [6, 6.07) is 16.8. The van der Waals surface area contributed by atoms with Gasteiger partial charge in [0.2, 0.25) is 0 Å². The molecule has 3 heterocycles. The standard InChI is InChI=1S/C32H35FN6O4/c1-20-17-38(30(41)26-9-6-14-34-26)19-25-27(37-39(28(20)25)18-21-10-12-23(33)13-11-21)29(40)36-24-8-5-7-22(15-24)16-35-31(42)43-32(2,3)4/h5-15,20,34H,16-19H2,1-4H3,(H,35,42)(H,36,40)/t20-/m1/s1. The number of H-pyrrole nitrogens is 1. The number of rotatable bonds is 7. The highest BCUT2D eigenvalue weighted by Gasteiger charge is 2.34. The van der Waals surface area contributed by atoms with E-state index in [1.807, 2.05) is 13.0 Å². The number of halogens is 1. The molecule has 11 heteroatoms. The lowest BCUT2D eigenvalue weighted by Gasteiger charge is -2.32. The van der Waals surface area contributed by atoms with Gasteiger partial charge in [0.25, 0.3) is 11.8 Å². The largest absolute Gasteiger partial charge is 0.444 e. The number of nitrogens with one attached hydrogen (secondary N) is 3. The van der Waals surface area contributed by atoms with Gasteiger partial charge in [-0.2, -0.15) is 5.10 Å². The quantitative estimate of drug-likeness (QED) is 0.267. The van der Waals surface area contributed by atoms with Crippen LogP contribution in [-0.4, -0.2) is 49.7 Å². The summed E-state index contributed by atoms with van der Waals surface area (Å²) in [5.74, 6) is -1.03. The summed E-state index contributed by atoms with van der Waals surface area (Å²) in [6.07, 6.45) is 1.16. The Labute approximate surface area is 249 Å². The van der Waals surface area contributed by atoms with E-state index in [0.29, 0.717) is 30.0 Å². The predicted octanol–water partition coefficient (Wildman–Crippen LogP) is 5.44. The van der Waals surface area contributed by atoms with Gasteiger partial charge in [-0.1, -0.05) is 31.2 Å². The Morgan fingerprint density at radius 3 is 2.53 bits per heavy atom. The molecule has 1 aliphatic heterocycles. The SMILES string of the molecule is C[C@@H]1CN(C(=O)c2ccc[nH]2)Cc2c(C(=O)Nc3cccc(CNC(=O)OC(C)(C)C)c3)nn(Cc3ccc(F)cc3)c21. The summed E-state index contributed by atoms with van der Waals surface area (Å²) in [5, 5.41) is 10.4. The van der Waals surface area contributed by atoms with Crippen LogP contribution in [0.2, 0.25) is 0 Å². The van der Waals surface area contributed by atoms with Crippen molar-refractivity contribution >= 4 is 23.6 Å². The molecule has 5 rings (SSSR count). The monoisotopic (exact) mass is 586 g/mol. The third kappa shape index (κ3) is 7.11. The third-order valence-electron chi connectivity index (χ3n) is 7.00. The number of aromatic amines is 1. The van der Waals surface area contributed by atoms with E-state index in [1.165, 1.54) is 12.1 Å². The molecule has 3 N–H and O–H groups in total. The second kappa shape index (κ2) is 12.1. The fourth-order valence-corrected chi connectivity index (χ4v) is 5.18. The molecular weight excluding hydrogens is 551 g/mol. The smallest absolute Gasteiger partial charge is 0.407 e. The van der Waals surface area contributed by atoms with Gasteiger partial charge in [0, 0.05) is 42.1 Å². The van der Waals surface area contributed by atoms with Gasteiger partial charge >= 0.3 is 6.09 Å². The van der Waals surface area contributed by atoms with Gasteiger partial charge in [0.1, 0.15) is 17.1 Å². The van der Waals surface area contributed by atoms with Crippen LogP contribution in [0.5, 0.6) is 0 Å². The Kier molecular flexibility index (Phi) is 8.33. The molecule has 0 saturated carbocycles. The van der Waals surface area contributed by atoms with E-state index < -0.39 is 17.6 Å². The van der Waals surface area contributed by atoms with Crippen LogP contribution in [0.15, 0.2) is 66.9 Å². The van der Waals surface area contributed by atoms with Crippen LogP contribution in [0.3, 0.4) is 0 Å². The van der Waals surface area contributed by atoms with Gasteiger partial charge in [0.05, 0.1) is 13.1 Å². The summed E-state index contributed by atoms with van der Waals surface area (Å²) in [5.41, 5.74) is 3.73. The minimum absolute atomic E-state index is 0.112. The van der Waals surface area contributed by atoms with Crippen molar-refractivity contribution in [1.29, 1.82) is 0 Å². The first kappa shape index (κ1) is 29.6. The highest BCUT2D eigenvalue weighted by molar-refractivity contribution is 6.04. The van der Waals surface area contributed by atoms with Crippen molar-refractivity contribution in [3.05, 3.63) is 106 Å². The van der Waals surface area contributed by atoms with Gasteiger partial charge in [-0.15, -0.1) is 0 Å². The van der Waals surface area contributed by atoms with Crippen molar-refractivity contribution in [3.63, 3.8) is 0 Å². The molecule has 1 aliphatic rings. The van der Waals surface area contributed by atoms with E-state index in [-0.39, 0.29) is 36.4 Å². The second-order valence-electron chi connectivity index (χ2n) is 11.7. The Bertz CT molecular complexity index is 1620. The number of ether oxygens (including phenoxy) is 1. The zero-order valence-corrected chi connectivity index (χ0v) is 24.6. The number of aromatic nitrogens is 3. The van der Waals surface area contributed by atoms with Crippen molar-refractivity contribution in [2.24, 2.45) is 0 Å². The number of carbonyl (C=O) groups is 3. The van der Waals surface area contributed by atoms with Crippen molar-refractivity contribution < 1.29 is 23.5 Å². The number of benzene rings is 2. The molecule has 0 bridgehead atoms. The maximum Gasteiger partial charge on any atom is 0.407 e. The van der Waals surface area contributed by atoms with Crippen molar-refractivity contribution in [3.8, 4) is 0 Å². The summed E-state index contributed by atoms with van der Waals surface area (Å²) >= 11 is 0. The van der Waals surface area contributed by atoms with Crippen LogP contribution in [0.4, 0.5) is 14.9 Å². The van der Waals surface area contributed by atoms with E-state index >= 15 is 0 Å². The van der Waals surface area contributed by atoms with Crippen LogP contribution in [-0.2, 0) is 24.4 Å². The van der Waals surface area contributed by atoms with Gasteiger partial charge in [-0.25, -0.2) is 9.18 Å². The summed E-state index contributed by atoms with van der Waals surface area (Å²) in [6.45, 7) is 8.59. The van der Waals surface area contributed by atoms with Crippen LogP contribution in [0.25, 0.3) is 0 Å². The maximum atomic E-state index is 13.7. The average Bonchev–Trinajstić information content (AvgIpc) is 3.61. The Balaban J connectivity index is 1.40. The Morgan fingerprint density at radius 1 is 1.07 bits per heavy atom. The average molecular weight is 587 g/mol. The molecule has 0 aliphatic carbocycles.